The van der Waals surface area contributed by atoms with Crippen LogP contribution in [0.15, 0.2) is 29.2 Å². The van der Waals surface area contributed by atoms with E-state index < -0.39 is 15.6 Å². The van der Waals surface area contributed by atoms with Crippen LogP contribution in [0.1, 0.15) is 12.0 Å². The van der Waals surface area contributed by atoms with Crippen LogP contribution in [0.25, 0.3) is 0 Å². The number of hydrogen-bond acceptors (Lipinski definition) is 5. The van der Waals surface area contributed by atoms with Gasteiger partial charge in [0.1, 0.15) is 0 Å². The summed E-state index contributed by atoms with van der Waals surface area (Å²) in [5.74, 6) is 0. The van der Waals surface area contributed by atoms with E-state index in [2.05, 4.69) is 10.6 Å². The molecule has 1 heterocycles. The third kappa shape index (κ3) is 4.02. The van der Waals surface area contributed by atoms with E-state index in [-0.39, 0.29) is 4.90 Å². The summed E-state index contributed by atoms with van der Waals surface area (Å²) < 4.78 is 25.1. The van der Waals surface area contributed by atoms with E-state index in [0.29, 0.717) is 19.6 Å². The second-order valence-electron chi connectivity index (χ2n) is 5.69. The van der Waals surface area contributed by atoms with Gasteiger partial charge in [-0.15, -0.1) is 0 Å². The number of nitrogens with zero attached hydrogens (tertiary/aromatic N) is 1. The zero-order valence-electron chi connectivity index (χ0n) is 12.5. The molecule has 1 aliphatic heterocycles. The minimum atomic E-state index is -3.37. The number of hydrogen-bond donors (Lipinski definition) is 3. The molecule has 1 fully saturated rings. The highest BCUT2D eigenvalue weighted by molar-refractivity contribution is 7.89. The van der Waals surface area contributed by atoms with Gasteiger partial charge in [0.25, 0.3) is 0 Å². The second kappa shape index (κ2) is 6.41. The lowest BCUT2D eigenvalue weighted by Gasteiger charge is -2.21. The third-order valence-electron chi connectivity index (χ3n) is 3.71. The Kier molecular flexibility index (Phi) is 5.00. The number of sulfonamides is 1. The van der Waals surface area contributed by atoms with Gasteiger partial charge in [-0.05, 0) is 30.7 Å². The van der Waals surface area contributed by atoms with E-state index in [0.717, 1.165) is 18.5 Å². The zero-order chi connectivity index (χ0) is 15.5. The summed E-state index contributed by atoms with van der Waals surface area (Å²) >= 11 is 0. The van der Waals surface area contributed by atoms with Crippen LogP contribution in [-0.2, 0) is 16.6 Å². The van der Waals surface area contributed by atoms with E-state index in [4.69, 9.17) is 0 Å². The molecule has 0 saturated carbocycles. The molecule has 0 aromatic heterocycles. The SMILES string of the molecule is CN(C)S(=O)(=O)c1ccc(CNCC2(O)CCNC2)cc1. The highest BCUT2D eigenvalue weighted by atomic mass is 32.2. The molecule has 1 saturated heterocycles. The van der Waals surface area contributed by atoms with Crippen molar-refractivity contribution in [3.8, 4) is 0 Å². The maximum absolute atomic E-state index is 11.9. The van der Waals surface area contributed by atoms with Gasteiger partial charge in [0.2, 0.25) is 10.0 Å². The number of rotatable bonds is 6. The summed E-state index contributed by atoms with van der Waals surface area (Å²) in [6, 6.07) is 6.80. The Hall–Kier alpha value is -0.990. The highest BCUT2D eigenvalue weighted by Crippen LogP contribution is 2.15. The van der Waals surface area contributed by atoms with Crippen molar-refractivity contribution in [3.05, 3.63) is 29.8 Å². The minimum absolute atomic E-state index is 0.287. The molecule has 2 rings (SSSR count). The van der Waals surface area contributed by atoms with Gasteiger partial charge in [0, 0.05) is 33.7 Å². The van der Waals surface area contributed by atoms with Crippen LogP contribution < -0.4 is 10.6 Å². The van der Waals surface area contributed by atoms with Crippen molar-refractivity contribution in [1.82, 2.24) is 14.9 Å². The van der Waals surface area contributed by atoms with Crippen molar-refractivity contribution in [2.24, 2.45) is 0 Å². The van der Waals surface area contributed by atoms with Gasteiger partial charge in [-0.1, -0.05) is 12.1 Å². The number of nitrogens with one attached hydrogen (secondary N) is 2. The molecule has 1 aromatic carbocycles. The van der Waals surface area contributed by atoms with Gasteiger partial charge in [-0.2, -0.15) is 0 Å². The molecular formula is C14H23N3O3S. The highest BCUT2D eigenvalue weighted by Gasteiger charge is 2.30. The lowest BCUT2D eigenvalue weighted by Crippen LogP contribution is -2.42. The molecule has 0 aliphatic carbocycles. The molecule has 3 N–H and O–H groups in total. The maximum atomic E-state index is 11.9. The summed E-state index contributed by atoms with van der Waals surface area (Å²) in [6.45, 7) is 2.58. The van der Waals surface area contributed by atoms with Gasteiger partial charge in [-0.25, -0.2) is 12.7 Å². The first-order valence-corrected chi connectivity index (χ1v) is 8.43. The molecule has 0 amide bonds. The molecule has 0 bridgehead atoms. The lowest BCUT2D eigenvalue weighted by atomic mass is 10.0. The van der Waals surface area contributed by atoms with Crippen molar-refractivity contribution in [1.29, 1.82) is 0 Å². The smallest absolute Gasteiger partial charge is 0.242 e. The largest absolute Gasteiger partial charge is 0.387 e. The molecule has 1 aliphatic rings. The average Bonchev–Trinajstić information content (AvgIpc) is 2.86. The molecular weight excluding hydrogens is 290 g/mol. The Balaban J connectivity index is 1.91. The van der Waals surface area contributed by atoms with Crippen molar-refractivity contribution in [2.75, 3.05) is 33.7 Å². The standard InChI is InChI=1S/C14H23N3O3S/c1-17(2)21(19,20)13-5-3-12(4-6-13)9-16-11-14(18)7-8-15-10-14/h3-6,15-16,18H,7-11H2,1-2H3. The number of benzene rings is 1. The number of β-amino-alcohol motifs (C(OH)–C–C–N with tert-alkyl or cyclic N) is 1. The van der Waals surface area contributed by atoms with Crippen LogP contribution in [0.3, 0.4) is 0 Å². The van der Waals surface area contributed by atoms with Crippen molar-refractivity contribution >= 4 is 10.0 Å². The Morgan fingerprint density at radius 2 is 2.00 bits per heavy atom. The average molecular weight is 313 g/mol. The van der Waals surface area contributed by atoms with E-state index >= 15 is 0 Å². The van der Waals surface area contributed by atoms with Gasteiger partial charge in [0.15, 0.2) is 0 Å². The molecule has 1 atom stereocenters. The van der Waals surface area contributed by atoms with Crippen LogP contribution in [0.5, 0.6) is 0 Å². The lowest BCUT2D eigenvalue weighted by molar-refractivity contribution is 0.0609. The van der Waals surface area contributed by atoms with Gasteiger partial charge >= 0.3 is 0 Å². The topological polar surface area (TPSA) is 81.7 Å². The first kappa shape index (κ1) is 16.4. The summed E-state index contributed by atoms with van der Waals surface area (Å²) in [6.07, 6.45) is 0.750. The van der Waals surface area contributed by atoms with Gasteiger partial charge in [-0.3, -0.25) is 0 Å². The van der Waals surface area contributed by atoms with Crippen LogP contribution in [0.2, 0.25) is 0 Å². The van der Waals surface area contributed by atoms with E-state index in [1.165, 1.54) is 18.4 Å². The van der Waals surface area contributed by atoms with E-state index in [1.54, 1.807) is 24.3 Å². The van der Waals surface area contributed by atoms with Crippen molar-refractivity contribution in [2.45, 2.75) is 23.5 Å². The Bertz CT molecular complexity index is 564. The van der Waals surface area contributed by atoms with Crippen LogP contribution in [-0.4, -0.2) is 57.2 Å². The summed E-state index contributed by atoms with van der Waals surface area (Å²) in [5, 5.41) is 16.5. The van der Waals surface area contributed by atoms with Gasteiger partial charge < -0.3 is 15.7 Å². The molecule has 0 spiro atoms. The molecule has 6 nitrogen and oxygen atoms in total. The van der Waals surface area contributed by atoms with Gasteiger partial charge in [0.05, 0.1) is 10.5 Å². The van der Waals surface area contributed by atoms with Crippen molar-refractivity contribution in [3.63, 3.8) is 0 Å². The zero-order valence-corrected chi connectivity index (χ0v) is 13.3. The molecule has 1 unspecified atom stereocenters. The van der Waals surface area contributed by atoms with Crippen LogP contribution in [0, 0.1) is 0 Å². The first-order chi connectivity index (χ1) is 9.83. The quantitative estimate of drug-likeness (QED) is 0.675. The minimum Gasteiger partial charge on any atom is -0.387 e. The predicted molar refractivity (Wildman–Crippen MR) is 81.5 cm³/mol. The summed E-state index contributed by atoms with van der Waals surface area (Å²) in [7, 11) is -0.342. The molecule has 1 aromatic rings. The normalized spacial score (nSPS) is 22.9. The summed E-state index contributed by atoms with van der Waals surface area (Å²) in [5.41, 5.74) is 0.316. The Morgan fingerprint density at radius 1 is 1.33 bits per heavy atom. The van der Waals surface area contributed by atoms with E-state index in [9.17, 15) is 13.5 Å². The maximum Gasteiger partial charge on any atom is 0.242 e. The second-order valence-corrected chi connectivity index (χ2v) is 7.84. The predicted octanol–water partition coefficient (Wildman–Crippen LogP) is -0.249. The Morgan fingerprint density at radius 3 is 2.52 bits per heavy atom. The van der Waals surface area contributed by atoms with E-state index in [1.807, 2.05) is 0 Å². The Labute approximate surface area is 126 Å². The molecule has 118 valence electrons. The number of aliphatic hydroxyl groups is 1. The monoisotopic (exact) mass is 313 g/mol. The molecule has 21 heavy (non-hydrogen) atoms. The fourth-order valence-corrected chi connectivity index (χ4v) is 3.21. The van der Waals surface area contributed by atoms with Crippen LogP contribution in [0.4, 0.5) is 0 Å². The first-order valence-electron chi connectivity index (χ1n) is 6.99. The van der Waals surface area contributed by atoms with Crippen LogP contribution >= 0.6 is 0 Å². The fraction of sp³-hybridized carbons (Fsp3) is 0.571. The third-order valence-corrected chi connectivity index (χ3v) is 5.54. The molecule has 7 heteroatoms. The van der Waals surface area contributed by atoms with Crippen molar-refractivity contribution < 1.29 is 13.5 Å². The molecule has 0 radical (unpaired) electrons. The summed E-state index contributed by atoms with van der Waals surface area (Å²) in [4.78, 5) is 0.287. The fourth-order valence-electron chi connectivity index (χ4n) is 2.31.